The van der Waals surface area contributed by atoms with E-state index in [-0.39, 0.29) is 0 Å². The van der Waals surface area contributed by atoms with Crippen LogP contribution in [0.25, 0.3) is 88.9 Å². The summed E-state index contributed by atoms with van der Waals surface area (Å²) in [4.78, 5) is 11.0. The average Bonchev–Trinajstić information content (AvgIpc) is 3.97. The fourth-order valence-corrected chi connectivity index (χ4v) is 10.5. The minimum atomic E-state index is -0.573. The molecule has 3 heterocycles. The Hall–Kier alpha value is -8.34. The summed E-state index contributed by atoms with van der Waals surface area (Å²) in [5.41, 5.74) is 16.2. The molecule has 0 unspecified atom stereocenters. The first-order valence-electron chi connectivity index (χ1n) is 21.6. The second-order valence-electron chi connectivity index (χ2n) is 16.5. The van der Waals surface area contributed by atoms with E-state index in [0.717, 1.165) is 55.5 Å². The lowest BCUT2D eigenvalue weighted by Gasteiger charge is -2.34. The first kappa shape index (κ1) is 35.4. The summed E-state index contributed by atoms with van der Waals surface area (Å²) in [6, 6.07) is 83.3. The van der Waals surface area contributed by atoms with E-state index >= 15 is 0 Å². The lowest BCUT2D eigenvalue weighted by molar-refractivity contribution is 0.769. The van der Waals surface area contributed by atoms with Gasteiger partial charge >= 0.3 is 0 Å². The number of rotatable bonds is 6. The van der Waals surface area contributed by atoms with Gasteiger partial charge in [-0.05, 0) is 75.8 Å². The third-order valence-electron chi connectivity index (χ3n) is 13.2. The predicted molar refractivity (Wildman–Crippen MR) is 259 cm³/mol. The maximum atomic E-state index is 5.49. The van der Waals surface area contributed by atoms with Crippen LogP contribution >= 0.6 is 0 Å². The molecule has 9 aromatic carbocycles. The molecule has 0 atom stereocenters. The average molecular weight is 803 g/mol. The summed E-state index contributed by atoms with van der Waals surface area (Å²) in [5, 5.41) is 4.71. The number of benzene rings is 9. The molecule has 1 aliphatic carbocycles. The highest BCUT2D eigenvalue weighted by atomic mass is 15.2. The Balaban J connectivity index is 1.19. The van der Waals surface area contributed by atoms with Crippen LogP contribution in [0.15, 0.2) is 231 Å². The normalized spacial score (nSPS) is 12.9. The van der Waals surface area contributed by atoms with Crippen LogP contribution in [0.5, 0.6) is 0 Å². The summed E-state index contributed by atoms with van der Waals surface area (Å²) in [7, 11) is 0. The molecule has 12 aromatic rings. The first-order chi connectivity index (χ1) is 31.3. The van der Waals surface area contributed by atoms with E-state index in [4.69, 9.17) is 9.97 Å². The monoisotopic (exact) mass is 802 g/mol. The lowest BCUT2D eigenvalue weighted by atomic mass is 9.67. The maximum absolute atomic E-state index is 5.49. The van der Waals surface area contributed by atoms with E-state index in [1.165, 1.54) is 49.7 Å². The van der Waals surface area contributed by atoms with Gasteiger partial charge in [0.05, 0.1) is 38.9 Å². The summed E-state index contributed by atoms with van der Waals surface area (Å²) in [6.45, 7) is 0. The molecule has 0 fully saturated rings. The molecular weight excluding hydrogens is 765 g/mol. The zero-order valence-electron chi connectivity index (χ0n) is 34.2. The van der Waals surface area contributed by atoms with Gasteiger partial charge in [-0.1, -0.05) is 188 Å². The van der Waals surface area contributed by atoms with Gasteiger partial charge in [0.2, 0.25) is 5.95 Å². The quantitative estimate of drug-likeness (QED) is 0.168. The van der Waals surface area contributed by atoms with E-state index in [1.54, 1.807) is 0 Å². The van der Waals surface area contributed by atoms with Gasteiger partial charge in [0.25, 0.3) is 0 Å². The molecular formula is C59H38N4. The van der Waals surface area contributed by atoms with Crippen LogP contribution in [0.4, 0.5) is 0 Å². The number of aromatic nitrogens is 4. The van der Waals surface area contributed by atoms with Crippen molar-refractivity contribution in [2.75, 3.05) is 0 Å². The van der Waals surface area contributed by atoms with Crippen molar-refractivity contribution in [2.45, 2.75) is 5.41 Å². The van der Waals surface area contributed by atoms with Crippen molar-refractivity contribution in [3.8, 4) is 45.3 Å². The molecule has 0 saturated carbocycles. The molecule has 13 rings (SSSR count). The SMILES string of the molecule is c1ccc(-c2cc(-c3ccccc3)nc(-n3c4cc(C5(c6ccccc6)c6ccccc6-c6ccccc65)ccc4c4cc5c6ccccc6n(-c6ccccc6)c5cc43)n2)cc1. The minimum Gasteiger partial charge on any atom is -0.309 e. The van der Waals surface area contributed by atoms with Crippen molar-refractivity contribution in [3.63, 3.8) is 0 Å². The van der Waals surface area contributed by atoms with Crippen molar-refractivity contribution in [1.82, 2.24) is 19.1 Å². The van der Waals surface area contributed by atoms with E-state index in [9.17, 15) is 0 Å². The van der Waals surface area contributed by atoms with Crippen LogP contribution in [0.1, 0.15) is 22.3 Å². The van der Waals surface area contributed by atoms with Crippen LogP contribution in [0.3, 0.4) is 0 Å². The molecule has 4 heteroatoms. The highest BCUT2D eigenvalue weighted by molar-refractivity contribution is 6.19. The van der Waals surface area contributed by atoms with E-state index in [2.05, 4.69) is 240 Å². The Labute approximate surface area is 364 Å². The first-order valence-corrected chi connectivity index (χ1v) is 21.6. The van der Waals surface area contributed by atoms with Crippen molar-refractivity contribution in [1.29, 1.82) is 0 Å². The lowest BCUT2D eigenvalue weighted by Crippen LogP contribution is -2.28. The number of para-hydroxylation sites is 2. The highest BCUT2D eigenvalue weighted by Gasteiger charge is 2.46. The second kappa shape index (κ2) is 13.8. The molecule has 0 N–H and O–H groups in total. The number of hydrogen-bond acceptors (Lipinski definition) is 2. The molecule has 0 saturated heterocycles. The smallest absolute Gasteiger partial charge is 0.235 e. The predicted octanol–water partition coefficient (Wildman–Crippen LogP) is 14.4. The molecule has 294 valence electrons. The molecule has 0 bridgehead atoms. The Morgan fingerprint density at radius 3 is 1.44 bits per heavy atom. The van der Waals surface area contributed by atoms with Crippen LogP contribution < -0.4 is 0 Å². The summed E-state index contributed by atoms with van der Waals surface area (Å²) >= 11 is 0. The van der Waals surface area contributed by atoms with Gasteiger partial charge in [0, 0.05) is 38.4 Å². The molecule has 3 aromatic heterocycles. The fraction of sp³-hybridized carbons (Fsp3) is 0.0169. The Kier molecular flexibility index (Phi) is 7.79. The summed E-state index contributed by atoms with van der Waals surface area (Å²) in [6.07, 6.45) is 0. The van der Waals surface area contributed by atoms with Gasteiger partial charge < -0.3 is 4.57 Å². The summed E-state index contributed by atoms with van der Waals surface area (Å²) in [5.74, 6) is 0.620. The topological polar surface area (TPSA) is 35.6 Å². The molecule has 0 spiro atoms. The van der Waals surface area contributed by atoms with Crippen molar-refractivity contribution >= 4 is 43.6 Å². The van der Waals surface area contributed by atoms with Crippen LogP contribution in [0, 0.1) is 0 Å². The number of nitrogens with zero attached hydrogens (tertiary/aromatic N) is 4. The minimum absolute atomic E-state index is 0.573. The zero-order chi connectivity index (χ0) is 41.5. The van der Waals surface area contributed by atoms with E-state index in [1.807, 2.05) is 0 Å². The summed E-state index contributed by atoms with van der Waals surface area (Å²) < 4.78 is 4.72. The van der Waals surface area contributed by atoms with Crippen LogP contribution in [-0.2, 0) is 5.41 Å². The maximum Gasteiger partial charge on any atom is 0.235 e. The third-order valence-corrected chi connectivity index (χ3v) is 13.2. The van der Waals surface area contributed by atoms with E-state index < -0.39 is 5.41 Å². The zero-order valence-corrected chi connectivity index (χ0v) is 34.2. The van der Waals surface area contributed by atoms with Gasteiger partial charge in [-0.25, -0.2) is 9.97 Å². The van der Waals surface area contributed by atoms with Gasteiger partial charge in [0.1, 0.15) is 0 Å². The fourth-order valence-electron chi connectivity index (χ4n) is 10.5. The highest BCUT2D eigenvalue weighted by Crippen LogP contribution is 2.56. The molecule has 63 heavy (non-hydrogen) atoms. The molecule has 4 nitrogen and oxygen atoms in total. The largest absolute Gasteiger partial charge is 0.309 e. The van der Waals surface area contributed by atoms with Crippen LogP contribution in [0.2, 0.25) is 0 Å². The Morgan fingerprint density at radius 1 is 0.317 bits per heavy atom. The van der Waals surface area contributed by atoms with Crippen molar-refractivity contribution in [2.24, 2.45) is 0 Å². The Morgan fingerprint density at radius 2 is 0.810 bits per heavy atom. The molecule has 0 amide bonds. The van der Waals surface area contributed by atoms with Gasteiger partial charge in [-0.2, -0.15) is 0 Å². The van der Waals surface area contributed by atoms with Gasteiger partial charge in [-0.3, -0.25) is 4.57 Å². The molecule has 0 aliphatic heterocycles. The number of hydrogen-bond donors (Lipinski definition) is 0. The third kappa shape index (κ3) is 5.22. The number of fused-ring (bicyclic) bond motifs is 9. The molecule has 0 radical (unpaired) electrons. The van der Waals surface area contributed by atoms with Crippen molar-refractivity contribution in [3.05, 3.63) is 253 Å². The second-order valence-corrected chi connectivity index (χ2v) is 16.5. The Bertz CT molecular complexity index is 3610. The van der Waals surface area contributed by atoms with Gasteiger partial charge in [-0.15, -0.1) is 0 Å². The van der Waals surface area contributed by atoms with Gasteiger partial charge in [0.15, 0.2) is 0 Å². The van der Waals surface area contributed by atoms with Crippen LogP contribution in [-0.4, -0.2) is 19.1 Å². The standard InChI is InChI=1S/C59H38N4/c1-5-19-39(20-6-1)52-37-53(40-21-7-2-8-22-40)61-58(60-52)63-55-35-42(59(41-23-9-3-10-24-41)50-30-16-13-27-44(50)45-28-14-17-31-51(45)59)33-34-47(55)49-36-48-46-29-15-18-32-54(46)62(56(48)38-57(49)63)43-25-11-4-12-26-43/h1-38H. The molecule has 1 aliphatic rings. The van der Waals surface area contributed by atoms with Crippen molar-refractivity contribution < 1.29 is 0 Å². The van der Waals surface area contributed by atoms with E-state index in [0.29, 0.717) is 5.95 Å².